The summed E-state index contributed by atoms with van der Waals surface area (Å²) in [6.45, 7) is 1.23. The van der Waals surface area contributed by atoms with Crippen molar-refractivity contribution in [2.24, 2.45) is 0 Å². The maximum absolute atomic E-state index is 3.82. The Kier molecular flexibility index (Phi) is 2.72. The lowest BCUT2D eigenvalue weighted by atomic mass is 9.69. The van der Waals surface area contributed by atoms with E-state index >= 15 is 0 Å². The molecule has 1 saturated carbocycles. The van der Waals surface area contributed by atoms with Crippen LogP contribution in [0.5, 0.6) is 0 Å². The fraction of sp³-hybridized carbons (Fsp3) is 0.600. The summed E-state index contributed by atoms with van der Waals surface area (Å²) in [4.78, 5) is 0. The second-order valence-electron chi connectivity index (χ2n) is 5.40. The lowest BCUT2D eigenvalue weighted by molar-refractivity contribution is 0.222. The molecule has 2 fully saturated rings. The Morgan fingerprint density at radius 1 is 1.00 bits per heavy atom. The summed E-state index contributed by atoms with van der Waals surface area (Å²) in [5.41, 5.74) is 2.00. The number of hydrogen-bond donors (Lipinski definition) is 1. The summed E-state index contributed by atoms with van der Waals surface area (Å²) in [7, 11) is 0. The molecule has 1 aliphatic carbocycles. The first-order valence-electron chi connectivity index (χ1n) is 6.71. The van der Waals surface area contributed by atoms with Gasteiger partial charge in [-0.15, -0.1) is 0 Å². The van der Waals surface area contributed by atoms with E-state index in [2.05, 4.69) is 35.6 Å². The van der Waals surface area contributed by atoms with Gasteiger partial charge in [-0.1, -0.05) is 43.2 Å². The molecule has 1 aromatic carbocycles. The molecule has 1 saturated heterocycles. The molecule has 0 amide bonds. The van der Waals surface area contributed by atoms with E-state index in [0.29, 0.717) is 5.54 Å². The number of benzene rings is 1. The maximum atomic E-state index is 3.82. The molecule has 1 aromatic rings. The highest BCUT2D eigenvalue weighted by atomic mass is 15.0. The third-order valence-corrected chi connectivity index (χ3v) is 4.51. The molecule has 0 bridgehead atoms. The molecular weight excluding hydrogens is 194 g/mol. The second-order valence-corrected chi connectivity index (χ2v) is 5.40. The van der Waals surface area contributed by atoms with Gasteiger partial charge in [0.1, 0.15) is 0 Å². The number of nitrogens with one attached hydrogen (secondary N) is 1. The van der Waals surface area contributed by atoms with Crippen LogP contribution in [-0.4, -0.2) is 12.1 Å². The monoisotopic (exact) mass is 215 g/mol. The average molecular weight is 215 g/mol. The van der Waals surface area contributed by atoms with E-state index in [9.17, 15) is 0 Å². The first-order chi connectivity index (χ1) is 7.91. The molecule has 3 rings (SSSR count). The summed E-state index contributed by atoms with van der Waals surface area (Å²) < 4.78 is 0. The highest BCUT2D eigenvalue weighted by Crippen LogP contribution is 2.45. The lowest BCUT2D eigenvalue weighted by Crippen LogP contribution is -2.47. The third-order valence-electron chi connectivity index (χ3n) is 4.51. The van der Waals surface area contributed by atoms with Crippen LogP contribution in [0.25, 0.3) is 0 Å². The Morgan fingerprint density at radius 3 is 2.56 bits per heavy atom. The van der Waals surface area contributed by atoms with Gasteiger partial charge in [-0.05, 0) is 37.8 Å². The van der Waals surface area contributed by atoms with Crippen LogP contribution in [0.1, 0.15) is 50.0 Å². The van der Waals surface area contributed by atoms with Crippen LogP contribution in [0.15, 0.2) is 30.3 Å². The van der Waals surface area contributed by atoms with E-state index in [0.717, 1.165) is 5.92 Å². The summed E-state index contributed by atoms with van der Waals surface area (Å²) >= 11 is 0. The Hall–Kier alpha value is -0.820. The second kappa shape index (κ2) is 4.21. The van der Waals surface area contributed by atoms with Crippen LogP contribution in [0, 0.1) is 0 Å². The lowest BCUT2D eigenvalue weighted by Gasteiger charge is -2.42. The minimum atomic E-state index is 0.444. The zero-order valence-electron chi connectivity index (χ0n) is 9.91. The molecule has 2 atom stereocenters. The van der Waals surface area contributed by atoms with E-state index in [1.54, 1.807) is 5.56 Å². The molecule has 86 valence electrons. The van der Waals surface area contributed by atoms with Gasteiger partial charge >= 0.3 is 0 Å². The molecule has 1 heterocycles. The van der Waals surface area contributed by atoms with E-state index in [4.69, 9.17) is 0 Å². The topological polar surface area (TPSA) is 12.0 Å². The fourth-order valence-corrected chi connectivity index (χ4v) is 3.75. The zero-order valence-corrected chi connectivity index (χ0v) is 9.91. The van der Waals surface area contributed by atoms with E-state index in [-0.39, 0.29) is 0 Å². The molecule has 16 heavy (non-hydrogen) atoms. The van der Waals surface area contributed by atoms with E-state index in [1.165, 1.54) is 45.1 Å². The van der Waals surface area contributed by atoms with Gasteiger partial charge in [0.25, 0.3) is 0 Å². The Balaban J connectivity index is 1.91. The van der Waals surface area contributed by atoms with Crippen LogP contribution in [0.3, 0.4) is 0 Å². The molecule has 0 radical (unpaired) electrons. The number of hydrogen-bond acceptors (Lipinski definition) is 1. The van der Waals surface area contributed by atoms with Crippen molar-refractivity contribution in [3.63, 3.8) is 0 Å². The number of rotatable bonds is 1. The van der Waals surface area contributed by atoms with Crippen LogP contribution in [0.2, 0.25) is 0 Å². The normalized spacial score (nSPS) is 34.4. The largest absolute Gasteiger partial charge is 0.311 e. The summed E-state index contributed by atoms with van der Waals surface area (Å²) in [5.74, 6) is 0.755. The van der Waals surface area contributed by atoms with E-state index < -0.39 is 0 Å². The average Bonchev–Trinajstić information content (AvgIpc) is 2.80. The van der Waals surface area contributed by atoms with Gasteiger partial charge in [-0.2, -0.15) is 0 Å². The molecule has 2 aliphatic rings. The van der Waals surface area contributed by atoms with Gasteiger partial charge in [-0.25, -0.2) is 0 Å². The molecular formula is C15H21N. The van der Waals surface area contributed by atoms with Gasteiger partial charge in [0, 0.05) is 11.5 Å². The van der Waals surface area contributed by atoms with Crippen molar-refractivity contribution < 1.29 is 0 Å². The first-order valence-corrected chi connectivity index (χ1v) is 6.71. The molecule has 1 nitrogen and oxygen atoms in total. The van der Waals surface area contributed by atoms with Crippen molar-refractivity contribution in [2.75, 3.05) is 6.54 Å². The third kappa shape index (κ3) is 1.67. The highest BCUT2D eigenvalue weighted by Gasteiger charge is 2.42. The molecule has 1 N–H and O–H groups in total. The highest BCUT2D eigenvalue weighted by molar-refractivity contribution is 5.25. The van der Waals surface area contributed by atoms with Crippen molar-refractivity contribution >= 4 is 0 Å². The zero-order chi connectivity index (χ0) is 10.8. The maximum Gasteiger partial charge on any atom is 0.0250 e. The standard InChI is InChI=1S/C15H21N/c1-2-7-13(8-3-1)14-9-4-5-10-15(14)11-6-12-16-15/h1-3,7-8,14,16H,4-6,9-12H2. The minimum absolute atomic E-state index is 0.444. The quantitative estimate of drug-likeness (QED) is 0.756. The summed E-state index contributed by atoms with van der Waals surface area (Å²) in [6, 6.07) is 11.1. The Labute approximate surface area is 98.3 Å². The summed E-state index contributed by atoms with van der Waals surface area (Å²) in [6.07, 6.45) is 8.32. The van der Waals surface area contributed by atoms with Crippen LogP contribution in [0.4, 0.5) is 0 Å². The van der Waals surface area contributed by atoms with Gasteiger partial charge < -0.3 is 5.32 Å². The van der Waals surface area contributed by atoms with Crippen LogP contribution >= 0.6 is 0 Å². The SMILES string of the molecule is c1ccc(C2CCCCC23CCCN3)cc1. The van der Waals surface area contributed by atoms with E-state index in [1.807, 2.05) is 0 Å². The molecule has 1 heteroatoms. The van der Waals surface area contributed by atoms with Crippen molar-refractivity contribution in [1.29, 1.82) is 0 Å². The summed E-state index contributed by atoms with van der Waals surface area (Å²) in [5, 5.41) is 3.82. The molecule has 0 aromatic heterocycles. The Morgan fingerprint density at radius 2 is 1.81 bits per heavy atom. The first kappa shape index (κ1) is 10.3. The van der Waals surface area contributed by atoms with Crippen molar-refractivity contribution in [3.8, 4) is 0 Å². The minimum Gasteiger partial charge on any atom is -0.311 e. The van der Waals surface area contributed by atoms with Gasteiger partial charge in [0.05, 0.1) is 0 Å². The van der Waals surface area contributed by atoms with Crippen LogP contribution < -0.4 is 5.32 Å². The van der Waals surface area contributed by atoms with Gasteiger partial charge in [0.15, 0.2) is 0 Å². The van der Waals surface area contributed by atoms with Gasteiger partial charge in [0.2, 0.25) is 0 Å². The predicted molar refractivity (Wildman–Crippen MR) is 67.6 cm³/mol. The van der Waals surface area contributed by atoms with Crippen molar-refractivity contribution in [3.05, 3.63) is 35.9 Å². The van der Waals surface area contributed by atoms with Gasteiger partial charge in [-0.3, -0.25) is 0 Å². The van der Waals surface area contributed by atoms with Crippen LogP contribution in [-0.2, 0) is 0 Å². The Bertz CT molecular complexity index is 338. The van der Waals surface area contributed by atoms with Crippen molar-refractivity contribution in [1.82, 2.24) is 5.32 Å². The molecule has 1 aliphatic heterocycles. The predicted octanol–water partition coefficient (Wildman–Crippen LogP) is 3.47. The van der Waals surface area contributed by atoms with Crippen molar-refractivity contribution in [2.45, 2.75) is 50.0 Å². The smallest absolute Gasteiger partial charge is 0.0250 e. The fourth-order valence-electron chi connectivity index (χ4n) is 3.75. The molecule has 2 unspecified atom stereocenters. The molecule has 1 spiro atoms.